The number of tetrazole rings is 1. The number of carbonyl (C=O) groups excluding carboxylic acids is 2. The van der Waals surface area contributed by atoms with Gasteiger partial charge in [-0.3, -0.25) is 9.59 Å². The molecule has 0 bridgehead atoms. The van der Waals surface area contributed by atoms with Crippen molar-refractivity contribution in [2.24, 2.45) is 0 Å². The van der Waals surface area contributed by atoms with E-state index in [2.05, 4.69) is 26.0 Å². The second-order valence-electron chi connectivity index (χ2n) is 9.23. The molecule has 1 atom stereocenters. The first-order valence-electron chi connectivity index (χ1n) is 12.9. The largest absolute Gasteiger partial charge is 0.356 e. The van der Waals surface area contributed by atoms with E-state index >= 15 is 0 Å². The Morgan fingerprint density at radius 2 is 1.76 bits per heavy atom. The lowest BCUT2D eigenvalue weighted by Gasteiger charge is -2.23. The summed E-state index contributed by atoms with van der Waals surface area (Å²) in [7, 11) is 0. The maximum absolute atomic E-state index is 13.1. The maximum Gasteiger partial charge on any atom is 0.222 e. The first-order chi connectivity index (χ1) is 18.1. The van der Waals surface area contributed by atoms with Gasteiger partial charge in [0, 0.05) is 44.1 Å². The van der Waals surface area contributed by atoms with E-state index in [9.17, 15) is 14.0 Å². The van der Waals surface area contributed by atoms with E-state index in [-0.39, 0.29) is 36.1 Å². The van der Waals surface area contributed by atoms with Crippen molar-refractivity contribution < 1.29 is 14.0 Å². The Kier molecular flexibility index (Phi) is 11.6. The number of halogens is 2. The van der Waals surface area contributed by atoms with Crippen molar-refractivity contribution in [1.29, 1.82) is 0 Å². The summed E-state index contributed by atoms with van der Waals surface area (Å²) >= 11 is 0. The van der Waals surface area contributed by atoms with Crippen LogP contribution in [0.1, 0.15) is 50.1 Å². The molecular formula is C27H35ClFN7O2. The van der Waals surface area contributed by atoms with Gasteiger partial charge in [0.15, 0.2) is 0 Å². The Morgan fingerprint density at radius 1 is 1.00 bits per heavy atom. The molecule has 1 aromatic heterocycles. The highest BCUT2D eigenvalue weighted by molar-refractivity contribution is 5.85. The molecule has 0 saturated carbocycles. The number of aromatic nitrogens is 4. The number of nitrogens with one attached hydrogen (secondary N) is 2. The normalized spacial score (nSPS) is 17.3. The van der Waals surface area contributed by atoms with Crippen molar-refractivity contribution in [3.8, 4) is 11.4 Å². The Bertz CT molecular complexity index is 1140. The average Bonchev–Trinajstić information content (AvgIpc) is 3.38. The van der Waals surface area contributed by atoms with E-state index in [0.29, 0.717) is 63.3 Å². The van der Waals surface area contributed by atoms with Gasteiger partial charge >= 0.3 is 0 Å². The van der Waals surface area contributed by atoms with E-state index in [1.165, 1.54) is 16.9 Å². The lowest BCUT2D eigenvalue weighted by Crippen LogP contribution is -2.35. The first-order valence-corrected chi connectivity index (χ1v) is 12.9. The topological polar surface area (TPSA) is 105 Å². The molecule has 3 aromatic rings. The standard InChI is InChI=1S/C27H34FN7O2.ClH/c28-23-13-11-22(12-14-23)27-31-33-35(32-27)19-6-10-26(37)34-17-5-4-15-29-24(21-8-2-1-3-9-21)20-25(36)30-16-7-18-34;/h1-3,8-9,11-14,24,29H,4-7,10,15-20H2,(H,30,36);1H. The van der Waals surface area contributed by atoms with Crippen LogP contribution < -0.4 is 10.6 Å². The summed E-state index contributed by atoms with van der Waals surface area (Å²) in [6, 6.07) is 16.0. The number of nitrogens with zero attached hydrogens (tertiary/aromatic N) is 5. The van der Waals surface area contributed by atoms with Crippen LogP contribution in [-0.2, 0) is 16.1 Å². The van der Waals surface area contributed by atoms with Crippen molar-refractivity contribution in [1.82, 2.24) is 35.7 Å². The third-order valence-corrected chi connectivity index (χ3v) is 6.42. The molecule has 204 valence electrons. The zero-order valence-corrected chi connectivity index (χ0v) is 22.2. The summed E-state index contributed by atoms with van der Waals surface area (Å²) in [4.78, 5) is 28.8. The van der Waals surface area contributed by atoms with E-state index in [4.69, 9.17) is 0 Å². The SMILES string of the molecule is Cl.O=C1CC(c2ccccc2)NCCCCN(C(=O)CCCn2nnc(-c3ccc(F)cc3)n2)CCCN1. The number of carbonyl (C=O) groups is 2. The minimum Gasteiger partial charge on any atom is -0.356 e. The molecular weight excluding hydrogens is 509 g/mol. The van der Waals surface area contributed by atoms with Gasteiger partial charge in [0.25, 0.3) is 0 Å². The molecule has 1 fully saturated rings. The highest BCUT2D eigenvalue weighted by Crippen LogP contribution is 2.17. The molecule has 0 aliphatic carbocycles. The Labute approximate surface area is 228 Å². The Morgan fingerprint density at radius 3 is 2.55 bits per heavy atom. The molecule has 2 amide bonds. The Hall–Kier alpha value is -3.37. The van der Waals surface area contributed by atoms with Gasteiger partial charge in [0.2, 0.25) is 17.6 Å². The minimum absolute atomic E-state index is 0. The van der Waals surface area contributed by atoms with Crippen molar-refractivity contribution in [3.63, 3.8) is 0 Å². The average molecular weight is 544 g/mol. The first kappa shape index (κ1) is 29.2. The number of amides is 2. The molecule has 1 aliphatic rings. The van der Waals surface area contributed by atoms with Gasteiger partial charge in [-0.15, -0.1) is 22.6 Å². The predicted octanol–water partition coefficient (Wildman–Crippen LogP) is 3.53. The molecule has 11 heteroatoms. The van der Waals surface area contributed by atoms with E-state index < -0.39 is 0 Å². The van der Waals surface area contributed by atoms with Crippen molar-refractivity contribution in [3.05, 3.63) is 66.0 Å². The van der Waals surface area contributed by atoms with E-state index in [1.807, 2.05) is 35.2 Å². The zero-order valence-electron chi connectivity index (χ0n) is 21.4. The summed E-state index contributed by atoms with van der Waals surface area (Å²) < 4.78 is 13.1. The van der Waals surface area contributed by atoms with Crippen molar-refractivity contribution in [2.75, 3.05) is 26.2 Å². The van der Waals surface area contributed by atoms with Gasteiger partial charge in [-0.05, 0) is 67.3 Å². The number of rotatable bonds is 6. The number of hydrogen-bond donors (Lipinski definition) is 2. The van der Waals surface area contributed by atoms with Gasteiger partial charge in [-0.1, -0.05) is 30.3 Å². The van der Waals surface area contributed by atoms with Crippen molar-refractivity contribution in [2.45, 2.75) is 51.1 Å². The number of aryl methyl sites for hydroxylation is 1. The number of hydrogen-bond acceptors (Lipinski definition) is 6. The third kappa shape index (κ3) is 8.88. The van der Waals surface area contributed by atoms with Gasteiger partial charge < -0.3 is 15.5 Å². The minimum atomic E-state index is -0.318. The molecule has 0 radical (unpaired) electrons. The fraction of sp³-hybridized carbons (Fsp3) is 0.444. The van der Waals surface area contributed by atoms with Crippen LogP contribution in [0.2, 0.25) is 0 Å². The second kappa shape index (κ2) is 15.1. The maximum atomic E-state index is 13.1. The summed E-state index contributed by atoms with van der Waals surface area (Å²) in [5.41, 5.74) is 1.80. The van der Waals surface area contributed by atoms with Crippen LogP contribution in [0, 0.1) is 5.82 Å². The monoisotopic (exact) mass is 543 g/mol. The van der Waals surface area contributed by atoms with E-state index in [1.54, 1.807) is 12.1 Å². The molecule has 2 aromatic carbocycles. The summed E-state index contributed by atoms with van der Waals surface area (Å²) in [5, 5.41) is 18.9. The molecule has 1 saturated heterocycles. The fourth-order valence-electron chi connectivity index (χ4n) is 4.40. The molecule has 0 spiro atoms. The highest BCUT2D eigenvalue weighted by Gasteiger charge is 2.18. The van der Waals surface area contributed by atoms with Crippen LogP contribution in [0.15, 0.2) is 54.6 Å². The summed E-state index contributed by atoms with van der Waals surface area (Å²) in [6.45, 7) is 3.10. The third-order valence-electron chi connectivity index (χ3n) is 6.42. The Balaban J connectivity index is 0.00000400. The fourth-order valence-corrected chi connectivity index (χ4v) is 4.40. The number of benzene rings is 2. The molecule has 1 aliphatic heterocycles. The van der Waals surface area contributed by atoms with Crippen LogP contribution in [0.25, 0.3) is 11.4 Å². The smallest absolute Gasteiger partial charge is 0.222 e. The van der Waals surface area contributed by atoms with Gasteiger partial charge in [-0.2, -0.15) is 4.80 Å². The lowest BCUT2D eigenvalue weighted by atomic mass is 10.0. The van der Waals surface area contributed by atoms with E-state index in [0.717, 1.165) is 24.9 Å². The van der Waals surface area contributed by atoms with Gasteiger partial charge in [0.1, 0.15) is 5.82 Å². The second-order valence-corrected chi connectivity index (χ2v) is 9.23. The molecule has 38 heavy (non-hydrogen) atoms. The van der Waals surface area contributed by atoms with Crippen LogP contribution in [-0.4, -0.2) is 63.1 Å². The highest BCUT2D eigenvalue weighted by atomic mass is 35.5. The summed E-state index contributed by atoms with van der Waals surface area (Å²) in [6.07, 6.45) is 3.90. The van der Waals surface area contributed by atoms with Crippen molar-refractivity contribution >= 4 is 24.2 Å². The molecule has 1 unspecified atom stereocenters. The predicted molar refractivity (Wildman–Crippen MR) is 145 cm³/mol. The molecule has 4 rings (SSSR count). The molecule has 2 N–H and O–H groups in total. The zero-order chi connectivity index (χ0) is 25.9. The quantitative estimate of drug-likeness (QED) is 0.493. The summed E-state index contributed by atoms with van der Waals surface area (Å²) in [5.74, 6) is 0.214. The van der Waals surface area contributed by atoms with Gasteiger partial charge in [-0.25, -0.2) is 4.39 Å². The van der Waals surface area contributed by atoms with Crippen LogP contribution in [0.4, 0.5) is 4.39 Å². The molecule has 9 nitrogen and oxygen atoms in total. The van der Waals surface area contributed by atoms with Gasteiger partial charge in [0.05, 0.1) is 6.54 Å². The van der Waals surface area contributed by atoms with Crippen LogP contribution in [0.3, 0.4) is 0 Å². The van der Waals surface area contributed by atoms with Crippen LogP contribution >= 0.6 is 12.4 Å². The lowest BCUT2D eigenvalue weighted by molar-refractivity contribution is -0.131. The molecule has 2 heterocycles. The van der Waals surface area contributed by atoms with Crippen LogP contribution in [0.5, 0.6) is 0 Å².